The molecule has 1 fully saturated rings. The van der Waals surface area contributed by atoms with E-state index in [0.29, 0.717) is 29.5 Å². The molecule has 0 spiro atoms. The number of halogens is 4. The van der Waals surface area contributed by atoms with Crippen LogP contribution in [0.3, 0.4) is 0 Å². The molecule has 2 aromatic carbocycles. The second-order valence-electron chi connectivity index (χ2n) is 7.15. The lowest BCUT2D eigenvalue weighted by Gasteiger charge is -2.30. The Morgan fingerprint density at radius 1 is 1.04 bits per heavy atom. The average Bonchev–Trinajstić information content (AvgIpc) is 2.57. The molecule has 0 atom stereocenters. The van der Waals surface area contributed by atoms with Gasteiger partial charge in [-0.25, -0.2) is 0 Å². The van der Waals surface area contributed by atoms with E-state index in [4.69, 9.17) is 16.3 Å². The number of benzene rings is 2. The van der Waals surface area contributed by atoms with E-state index in [1.54, 1.807) is 0 Å². The van der Waals surface area contributed by atoms with Crippen molar-refractivity contribution in [2.45, 2.75) is 57.7 Å². The Labute approximate surface area is 151 Å². The molecule has 0 aliphatic heterocycles. The van der Waals surface area contributed by atoms with E-state index in [1.807, 2.05) is 18.2 Å². The van der Waals surface area contributed by atoms with Gasteiger partial charge in [-0.2, -0.15) is 13.2 Å². The summed E-state index contributed by atoms with van der Waals surface area (Å²) in [7, 11) is 0. The van der Waals surface area contributed by atoms with E-state index in [0.717, 1.165) is 10.8 Å². The summed E-state index contributed by atoms with van der Waals surface area (Å²) >= 11 is 6.53. The van der Waals surface area contributed by atoms with Crippen molar-refractivity contribution in [3.8, 4) is 5.75 Å². The Morgan fingerprint density at radius 2 is 1.68 bits per heavy atom. The number of alkyl halides is 3. The van der Waals surface area contributed by atoms with Crippen LogP contribution in [0.5, 0.6) is 5.75 Å². The molecule has 0 bridgehead atoms. The van der Waals surface area contributed by atoms with Crippen LogP contribution in [0.25, 0.3) is 10.8 Å². The summed E-state index contributed by atoms with van der Waals surface area (Å²) in [5.74, 6) is -0.249. The SMILES string of the molecule is CC(C)c1ccc2ccc(O[C@H]3CC[C@@H](C(F)(F)F)CC3)c(Cl)c2c1. The average molecular weight is 371 g/mol. The molecule has 0 radical (unpaired) electrons. The fourth-order valence-corrected chi connectivity index (χ4v) is 3.69. The van der Waals surface area contributed by atoms with Crippen LogP contribution in [0.4, 0.5) is 13.2 Å². The van der Waals surface area contributed by atoms with Gasteiger partial charge >= 0.3 is 6.18 Å². The van der Waals surface area contributed by atoms with Crippen molar-refractivity contribution in [2.75, 3.05) is 0 Å². The van der Waals surface area contributed by atoms with Gasteiger partial charge in [0.1, 0.15) is 5.75 Å². The third-order valence-electron chi connectivity index (χ3n) is 5.04. The summed E-state index contributed by atoms with van der Waals surface area (Å²) in [5, 5.41) is 2.50. The molecule has 1 nitrogen and oxygen atoms in total. The van der Waals surface area contributed by atoms with E-state index in [-0.39, 0.29) is 18.9 Å². The van der Waals surface area contributed by atoms with Crippen LogP contribution < -0.4 is 4.74 Å². The number of hydrogen-bond donors (Lipinski definition) is 0. The van der Waals surface area contributed by atoms with Gasteiger partial charge in [0, 0.05) is 5.39 Å². The molecule has 0 amide bonds. The number of ether oxygens (including phenoxy) is 1. The molecule has 1 aliphatic carbocycles. The van der Waals surface area contributed by atoms with Crippen molar-refractivity contribution in [2.24, 2.45) is 5.92 Å². The van der Waals surface area contributed by atoms with Crippen molar-refractivity contribution < 1.29 is 17.9 Å². The van der Waals surface area contributed by atoms with Crippen LogP contribution in [0.1, 0.15) is 51.0 Å². The van der Waals surface area contributed by atoms with Gasteiger partial charge in [-0.1, -0.05) is 43.6 Å². The molecule has 2 aromatic rings. The highest BCUT2D eigenvalue weighted by molar-refractivity contribution is 6.37. The third kappa shape index (κ3) is 4.05. The molecule has 5 heteroatoms. The fourth-order valence-electron chi connectivity index (χ4n) is 3.42. The van der Waals surface area contributed by atoms with Crippen LogP contribution in [0.2, 0.25) is 5.02 Å². The monoisotopic (exact) mass is 370 g/mol. The minimum atomic E-state index is -4.10. The quantitative estimate of drug-likeness (QED) is 0.559. The van der Waals surface area contributed by atoms with Crippen LogP contribution >= 0.6 is 11.6 Å². The largest absolute Gasteiger partial charge is 0.489 e. The Kier molecular flexibility index (Phi) is 5.19. The Bertz CT molecular complexity index is 746. The topological polar surface area (TPSA) is 9.23 Å². The first-order valence-corrected chi connectivity index (χ1v) is 9.09. The van der Waals surface area contributed by atoms with Gasteiger partial charge in [0.15, 0.2) is 0 Å². The van der Waals surface area contributed by atoms with Gasteiger partial charge in [-0.3, -0.25) is 0 Å². The summed E-state index contributed by atoms with van der Waals surface area (Å²) in [4.78, 5) is 0. The van der Waals surface area contributed by atoms with E-state index in [2.05, 4.69) is 26.0 Å². The first kappa shape index (κ1) is 18.4. The molecule has 3 rings (SSSR count). The van der Waals surface area contributed by atoms with Crippen molar-refractivity contribution in [3.05, 3.63) is 40.9 Å². The van der Waals surface area contributed by atoms with Gasteiger partial charge in [-0.15, -0.1) is 0 Å². The maximum atomic E-state index is 12.8. The second kappa shape index (κ2) is 7.06. The molecular weight excluding hydrogens is 349 g/mol. The normalized spacial score (nSPS) is 21.7. The molecule has 1 saturated carbocycles. The minimum absolute atomic E-state index is 0.122. The zero-order valence-corrected chi connectivity index (χ0v) is 15.1. The lowest BCUT2D eigenvalue weighted by atomic mass is 9.87. The molecule has 25 heavy (non-hydrogen) atoms. The van der Waals surface area contributed by atoms with Crippen molar-refractivity contribution >= 4 is 22.4 Å². The van der Waals surface area contributed by atoms with Gasteiger partial charge in [0.25, 0.3) is 0 Å². The van der Waals surface area contributed by atoms with E-state index in [1.165, 1.54) is 5.56 Å². The van der Waals surface area contributed by atoms with Crippen LogP contribution in [0.15, 0.2) is 30.3 Å². The van der Waals surface area contributed by atoms with Gasteiger partial charge in [0.05, 0.1) is 17.0 Å². The van der Waals surface area contributed by atoms with Gasteiger partial charge in [-0.05, 0) is 54.7 Å². The number of hydrogen-bond acceptors (Lipinski definition) is 1. The Morgan fingerprint density at radius 3 is 2.28 bits per heavy atom. The number of rotatable bonds is 3. The van der Waals surface area contributed by atoms with Crippen LogP contribution in [-0.4, -0.2) is 12.3 Å². The zero-order chi connectivity index (χ0) is 18.2. The summed E-state index contributed by atoms with van der Waals surface area (Å²) in [6, 6.07) is 9.95. The summed E-state index contributed by atoms with van der Waals surface area (Å²) in [6.07, 6.45) is -3.25. The zero-order valence-electron chi connectivity index (χ0n) is 14.4. The standard InChI is InChI=1S/C20H22ClF3O/c1-12(2)14-4-3-13-5-10-18(19(21)17(13)11-14)25-16-8-6-15(7-9-16)20(22,23)24/h3-5,10-12,15-16H,6-9H2,1-2H3/t15-,16+. The summed E-state index contributed by atoms with van der Waals surface area (Å²) in [5.41, 5.74) is 1.19. The molecule has 0 heterocycles. The highest BCUT2D eigenvalue weighted by Gasteiger charge is 2.41. The van der Waals surface area contributed by atoms with Crippen molar-refractivity contribution in [3.63, 3.8) is 0 Å². The molecule has 1 aliphatic rings. The van der Waals surface area contributed by atoms with E-state index < -0.39 is 12.1 Å². The van der Waals surface area contributed by atoms with Crippen molar-refractivity contribution in [1.82, 2.24) is 0 Å². The van der Waals surface area contributed by atoms with Crippen molar-refractivity contribution in [1.29, 1.82) is 0 Å². The highest BCUT2D eigenvalue weighted by atomic mass is 35.5. The van der Waals surface area contributed by atoms with Crippen LogP contribution in [-0.2, 0) is 0 Å². The smallest absolute Gasteiger partial charge is 0.391 e. The van der Waals surface area contributed by atoms with E-state index >= 15 is 0 Å². The van der Waals surface area contributed by atoms with Gasteiger partial charge < -0.3 is 4.74 Å². The molecule has 0 N–H and O–H groups in total. The molecule has 0 unspecified atom stereocenters. The molecular formula is C20H22ClF3O. The Hall–Kier alpha value is -1.42. The van der Waals surface area contributed by atoms with Crippen LogP contribution in [0, 0.1) is 5.92 Å². The highest BCUT2D eigenvalue weighted by Crippen LogP contribution is 2.40. The van der Waals surface area contributed by atoms with E-state index in [9.17, 15) is 13.2 Å². The molecule has 0 aromatic heterocycles. The second-order valence-corrected chi connectivity index (χ2v) is 7.52. The lowest BCUT2D eigenvalue weighted by molar-refractivity contribution is -0.185. The first-order valence-electron chi connectivity index (χ1n) is 8.71. The summed E-state index contributed by atoms with van der Waals surface area (Å²) in [6.45, 7) is 4.24. The lowest BCUT2D eigenvalue weighted by Crippen LogP contribution is -2.31. The third-order valence-corrected chi connectivity index (χ3v) is 5.43. The molecule has 0 saturated heterocycles. The maximum absolute atomic E-state index is 12.8. The fraction of sp³-hybridized carbons (Fsp3) is 0.500. The maximum Gasteiger partial charge on any atom is 0.391 e. The first-order chi connectivity index (χ1) is 11.8. The molecule has 136 valence electrons. The minimum Gasteiger partial charge on any atom is -0.489 e. The Balaban J connectivity index is 1.77. The predicted octanol–water partition coefficient (Wildman–Crippen LogP) is 7.12. The summed E-state index contributed by atoms with van der Waals surface area (Å²) < 4.78 is 44.3. The predicted molar refractivity (Wildman–Crippen MR) is 95.5 cm³/mol. The van der Waals surface area contributed by atoms with Gasteiger partial charge in [0.2, 0.25) is 0 Å². The number of fused-ring (bicyclic) bond motifs is 1.